The molecule has 0 aromatic heterocycles. The van der Waals surface area contributed by atoms with Gasteiger partial charge in [0.1, 0.15) is 11.5 Å². The van der Waals surface area contributed by atoms with Crippen LogP contribution in [0.1, 0.15) is 50.7 Å². The molecule has 0 radical (unpaired) electrons. The van der Waals surface area contributed by atoms with Crippen molar-refractivity contribution in [2.45, 2.75) is 52.4 Å². The topological polar surface area (TPSA) is 30.5 Å². The van der Waals surface area contributed by atoms with Gasteiger partial charge < -0.3 is 14.8 Å². The standard InChI is InChI=1S/C22H31NO2/c1-5-7-9-17-11-13-19(21(15-17)24-3)23-20-14-12-18(10-8-6-2)16-22(20)25-4/h11-16,23H,5-10H2,1-4H3. The molecule has 2 aromatic rings. The monoisotopic (exact) mass is 341 g/mol. The van der Waals surface area contributed by atoms with Crippen molar-refractivity contribution in [1.82, 2.24) is 0 Å². The number of nitrogens with one attached hydrogen (secondary N) is 1. The number of hydrogen-bond donors (Lipinski definition) is 1. The highest BCUT2D eigenvalue weighted by Gasteiger charge is 2.09. The Kier molecular flexibility index (Phi) is 7.65. The fourth-order valence-electron chi connectivity index (χ4n) is 2.90. The fraction of sp³-hybridized carbons (Fsp3) is 0.455. The summed E-state index contributed by atoms with van der Waals surface area (Å²) >= 11 is 0. The van der Waals surface area contributed by atoms with Crippen molar-refractivity contribution in [3.63, 3.8) is 0 Å². The van der Waals surface area contributed by atoms with Crippen LogP contribution in [-0.4, -0.2) is 14.2 Å². The summed E-state index contributed by atoms with van der Waals surface area (Å²) < 4.78 is 11.2. The van der Waals surface area contributed by atoms with Crippen LogP contribution in [-0.2, 0) is 12.8 Å². The van der Waals surface area contributed by atoms with Crippen LogP contribution in [0.2, 0.25) is 0 Å². The predicted molar refractivity (Wildman–Crippen MR) is 106 cm³/mol. The Morgan fingerprint density at radius 1 is 0.720 bits per heavy atom. The Balaban J connectivity index is 2.20. The Labute approximate surface area is 152 Å². The van der Waals surface area contributed by atoms with Gasteiger partial charge in [-0.25, -0.2) is 0 Å². The number of anilines is 2. The van der Waals surface area contributed by atoms with Crippen LogP contribution in [0.4, 0.5) is 11.4 Å². The Bertz CT molecular complexity index is 610. The number of rotatable bonds is 10. The fourth-order valence-corrected chi connectivity index (χ4v) is 2.90. The van der Waals surface area contributed by atoms with E-state index < -0.39 is 0 Å². The lowest BCUT2D eigenvalue weighted by Gasteiger charge is -2.16. The van der Waals surface area contributed by atoms with Crippen molar-refractivity contribution in [1.29, 1.82) is 0 Å². The molecule has 0 aliphatic heterocycles. The summed E-state index contributed by atoms with van der Waals surface area (Å²) in [6, 6.07) is 12.8. The smallest absolute Gasteiger partial charge is 0.142 e. The first kappa shape index (κ1) is 19.2. The molecule has 1 N–H and O–H groups in total. The molecule has 0 saturated heterocycles. The molecule has 0 fully saturated rings. The van der Waals surface area contributed by atoms with Crippen molar-refractivity contribution in [2.24, 2.45) is 0 Å². The molecule has 0 heterocycles. The normalized spacial score (nSPS) is 10.6. The summed E-state index contributed by atoms with van der Waals surface area (Å²) in [4.78, 5) is 0. The molecule has 2 aromatic carbocycles. The van der Waals surface area contributed by atoms with Crippen molar-refractivity contribution in [3.05, 3.63) is 47.5 Å². The second-order valence-electron chi connectivity index (χ2n) is 6.40. The van der Waals surface area contributed by atoms with Crippen LogP contribution >= 0.6 is 0 Å². The Morgan fingerprint density at radius 2 is 1.16 bits per heavy atom. The highest BCUT2D eigenvalue weighted by Crippen LogP contribution is 2.34. The molecule has 0 spiro atoms. The van der Waals surface area contributed by atoms with Crippen LogP contribution in [0, 0.1) is 0 Å². The van der Waals surface area contributed by atoms with Gasteiger partial charge in [-0.1, -0.05) is 38.8 Å². The number of aryl methyl sites for hydroxylation is 2. The summed E-state index contributed by atoms with van der Waals surface area (Å²) in [5.41, 5.74) is 4.54. The molecular weight excluding hydrogens is 310 g/mol. The van der Waals surface area contributed by atoms with Gasteiger partial charge in [-0.3, -0.25) is 0 Å². The molecular formula is C22H31NO2. The predicted octanol–water partition coefficient (Wildman–Crippen LogP) is 6.13. The minimum atomic E-state index is 0.866. The summed E-state index contributed by atoms with van der Waals surface area (Å²) in [5.74, 6) is 1.73. The first-order valence-corrected chi connectivity index (χ1v) is 9.32. The van der Waals surface area contributed by atoms with Crippen LogP contribution in [0.15, 0.2) is 36.4 Å². The van der Waals surface area contributed by atoms with Gasteiger partial charge in [0.25, 0.3) is 0 Å². The lowest BCUT2D eigenvalue weighted by molar-refractivity contribution is 0.414. The molecule has 0 unspecified atom stereocenters. The largest absolute Gasteiger partial charge is 0.495 e. The van der Waals surface area contributed by atoms with Gasteiger partial charge in [-0.05, 0) is 61.1 Å². The van der Waals surface area contributed by atoms with Gasteiger partial charge in [-0.15, -0.1) is 0 Å². The molecule has 0 bridgehead atoms. The van der Waals surface area contributed by atoms with Gasteiger partial charge >= 0.3 is 0 Å². The maximum Gasteiger partial charge on any atom is 0.142 e. The minimum absolute atomic E-state index is 0.866. The molecule has 3 nitrogen and oxygen atoms in total. The van der Waals surface area contributed by atoms with E-state index in [2.05, 4.69) is 55.6 Å². The highest BCUT2D eigenvalue weighted by molar-refractivity contribution is 5.71. The van der Waals surface area contributed by atoms with E-state index in [4.69, 9.17) is 9.47 Å². The van der Waals surface area contributed by atoms with Crippen LogP contribution in [0.5, 0.6) is 11.5 Å². The summed E-state index contributed by atoms with van der Waals surface area (Å²) in [5, 5.41) is 3.46. The average molecular weight is 341 g/mol. The van der Waals surface area contributed by atoms with Crippen molar-refractivity contribution in [3.8, 4) is 11.5 Å². The molecule has 25 heavy (non-hydrogen) atoms. The second-order valence-corrected chi connectivity index (χ2v) is 6.40. The van der Waals surface area contributed by atoms with E-state index in [0.717, 1.165) is 35.7 Å². The second kappa shape index (κ2) is 9.97. The van der Waals surface area contributed by atoms with E-state index in [0.29, 0.717) is 0 Å². The van der Waals surface area contributed by atoms with Gasteiger partial charge in [0.2, 0.25) is 0 Å². The first-order chi connectivity index (χ1) is 12.2. The molecule has 136 valence electrons. The SMILES string of the molecule is CCCCc1ccc(Nc2ccc(CCCC)cc2OC)c(OC)c1. The van der Waals surface area contributed by atoms with E-state index in [9.17, 15) is 0 Å². The van der Waals surface area contributed by atoms with E-state index in [1.807, 2.05) is 0 Å². The third kappa shape index (κ3) is 5.42. The third-order valence-electron chi connectivity index (χ3n) is 4.44. The summed E-state index contributed by atoms with van der Waals surface area (Å²) in [6.45, 7) is 4.42. The number of unbranched alkanes of at least 4 members (excludes halogenated alkanes) is 2. The zero-order chi connectivity index (χ0) is 18.1. The molecule has 0 saturated carbocycles. The van der Waals surface area contributed by atoms with Crippen molar-refractivity contribution >= 4 is 11.4 Å². The van der Waals surface area contributed by atoms with Gasteiger partial charge in [-0.2, -0.15) is 0 Å². The number of methoxy groups -OCH3 is 2. The zero-order valence-electron chi connectivity index (χ0n) is 16.0. The first-order valence-electron chi connectivity index (χ1n) is 9.32. The van der Waals surface area contributed by atoms with Crippen molar-refractivity contribution < 1.29 is 9.47 Å². The maximum atomic E-state index is 5.59. The number of hydrogen-bond acceptors (Lipinski definition) is 3. The highest BCUT2D eigenvalue weighted by atomic mass is 16.5. The van der Waals surface area contributed by atoms with E-state index in [1.54, 1.807) is 14.2 Å². The quantitative estimate of drug-likeness (QED) is 0.563. The van der Waals surface area contributed by atoms with E-state index >= 15 is 0 Å². The minimum Gasteiger partial charge on any atom is -0.495 e. The summed E-state index contributed by atoms with van der Waals surface area (Å²) in [7, 11) is 3.43. The Morgan fingerprint density at radius 3 is 1.52 bits per heavy atom. The molecule has 0 aliphatic carbocycles. The van der Waals surface area contributed by atoms with Crippen LogP contribution in [0.25, 0.3) is 0 Å². The molecule has 2 rings (SSSR count). The third-order valence-corrected chi connectivity index (χ3v) is 4.44. The molecule has 3 heteroatoms. The molecule has 0 amide bonds. The Hall–Kier alpha value is -2.16. The van der Waals surface area contributed by atoms with E-state index in [1.165, 1.54) is 36.8 Å². The molecule has 0 atom stereocenters. The van der Waals surface area contributed by atoms with Gasteiger partial charge in [0.15, 0.2) is 0 Å². The average Bonchev–Trinajstić information content (AvgIpc) is 2.66. The van der Waals surface area contributed by atoms with E-state index in [-0.39, 0.29) is 0 Å². The van der Waals surface area contributed by atoms with Gasteiger partial charge in [0.05, 0.1) is 25.6 Å². The number of benzene rings is 2. The van der Waals surface area contributed by atoms with Crippen LogP contribution in [0.3, 0.4) is 0 Å². The van der Waals surface area contributed by atoms with Crippen LogP contribution < -0.4 is 14.8 Å². The summed E-state index contributed by atoms with van der Waals surface area (Å²) in [6.07, 6.45) is 6.96. The maximum absolute atomic E-state index is 5.59. The molecule has 0 aliphatic rings. The van der Waals surface area contributed by atoms with Crippen molar-refractivity contribution in [2.75, 3.05) is 19.5 Å². The van der Waals surface area contributed by atoms with Gasteiger partial charge in [0, 0.05) is 0 Å². The lowest BCUT2D eigenvalue weighted by atomic mass is 10.1. The zero-order valence-corrected chi connectivity index (χ0v) is 16.0. The number of ether oxygens (including phenoxy) is 2. The lowest BCUT2D eigenvalue weighted by Crippen LogP contribution is -1.99.